The van der Waals surface area contributed by atoms with Crippen molar-refractivity contribution in [3.63, 3.8) is 0 Å². The van der Waals surface area contributed by atoms with Gasteiger partial charge in [-0.1, -0.05) is 66.2 Å². The molecule has 1 amide bonds. The minimum atomic E-state index is -0.640. The average Bonchev–Trinajstić information content (AvgIpc) is 2.65. The van der Waals surface area contributed by atoms with Crippen LogP contribution in [0.15, 0.2) is 78.9 Å². The topological polar surface area (TPSA) is 38.3 Å². The number of anilines is 1. The number of ether oxygens (including phenoxy) is 1. The Balaban J connectivity index is 1.63. The van der Waals surface area contributed by atoms with Gasteiger partial charge in [-0.3, -0.25) is 4.79 Å². The Labute approximate surface area is 152 Å². The van der Waals surface area contributed by atoms with Crippen LogP contribution in [0, 0.1) is 0 Å². The van der Waals surface area contributed by atoms with Crippen LogP contribution in [0.1, 0.15) is 6.92 Å². The van der Waals surface area contributed by atoms with Gasteiger partial charge in [0, 0.05) is 0 Å². The highest BCUT2D eigenvalue weighted by molar-refractivity contribution is 6.33. The van der Waals surface area contributed by atoms with Gasteiger partial charge in [-0.15, -0.1) is 0 Å². The molecule has 3 aromatic rings. The molecule has 4 heteroatoms. The quantitative estimate of drug-likeness (QED) is 0.667. The van der Waals surface area contributed by atoms with Gasteiger partial charge in [-0.2, -0.15) is 0 Å². The van der Waals surface area contributed by atoms with Gasteiger partial charge in [-0.25, -0.2) is 0 Å². The van der Waals surface area contributed by atoms with Crippen molar-refractivity contribution in [2.24, 2.45) is 0 Å². The molecule has 0 saturated heterocycles. The molecular formula is C21H18ClNO2. The molecule has 0 saturated carbocycles. The summed E-state index contributed by atoms with van der Waals surface area (Å²) < 4.78 is 5.72. The van der Waals surface area contributed by atoms with E-state index in [-0.39, 0.29) is 5.91 Å². The van der Waals surface area contributed by atoms with Gasteiger partial charge in [0.1, 0.15) is 5.75 Å². The molecule has 0 fully saturated rings. The second-order valence-electron chi connectivity index (χ2n) is 5.62. The summed E-state index contributed by atoms with van der Waals surface area (Å²) in [7, 11) is 0. The molecule has 0 aromatic heterocycles. The molecule has 0 spiro atoms. The van der Waals surface area contributed by atoms with E-state index < -0.39 is 6.10 Å². The lowest BCUT2D eigenvalue weighted by molar-refractivity contribution is -0.122. The van der Waals surface area contributed by atoms with Crippen molar-refractivity contribution < 1.29 is 9.53 Å². The van der Waals surface area contributed by atoms with Crippen molar-refractivity contribution in [3.05, 3.63) is 83.9 Å². The van der Waals surface area contributed by atoms with Crippen LogP contribution in [-0.4, -0.2) is 12.0 Å². The van der Waals surface area contributed by atoms with E-state index in [1.807, 2.05) is 54.6 Å². The van der Waals surface area contributed by atoms with Crippen molar-refractivity contribution >= 4 is 23.2 Å². The van der Waals surface area contributed by atoms with Gasteiger partial charge in [-0.05, 0) is 42.3 Å². The molecule has 3 nitrogen and oxygen atoms in total. The Bertz CT molecular complexity index is 847. The third kappa shape index (κ3) is 4.40. The first-order valence-corrected chi connectivity index (χ1v) is 8.39. The number of hydrogen-bond acceptors (Lipinski definition) is 2. The first-order chi connectivity index (χ1) is 12.1. The summed E-state index contributed by atoms with van der Waals surface area (Å²) in [5.41, 5.74) is 2.81. The molecule has 0 heterocycles. The maximum absolute atomic E-state index is 12.3. The van der Waals surface area contributed by atoms with E-state index in [0.717, 1.165) is 11.1 Å². The summed E-state index contributed by atoms with van der Waals surface area (Å²) in [6.45, 7) is 1.71. The zero-order chi connectivity index (χ0) is 17.6. The van der Waals surface area contributed by atoms with E-state index >= 15 is 0 Å². The van der Waals surface area contributed by atoms with E-state index in [4.69, 9.17) is 16.3 Å². The van der Waals surface area contributed by atoms with Gasteiger partial charge in [0.15, 0.2) is 6.10 Å². The third-order valence-corrected chi connectivity index (χ3v) is 4.10. The van der Waals surface area contributed by atoms with Crippen molar-refractivity contribution in [1.29, 1.82) is 0 Å². The molecular weight excluding hydrogens is 334 g/mol. The fraction of sp³-hybridized carbons (Fsp3) is 0.0952. The molecule has 0 aliphatic heterocycles. The summed E-state index contributed by atoms with van der Waals surface area (Å²) in [5.74, 6) is 0.390. The molecule has 126 valence electrons. The smallest absolute Gasteiger partial charge is 0.265 e. The minimum Gasteiger partial charge on any atom is -0.481 e. The van der Waals surface area contributed by atoms with Crippen LogP contribution in [0.5, 0.6) is 5.75 Å². The van der Waals surface area contributed by atoms with Gasteiger partial charge in [0.2, 0.25) is 0 Å². The normalized spacial score (nSPS) is 11.6. The molecule has 0 bridgehead atoms. The summed E-state index contributed by atoms with van der Waals surface area (Å²) in [5, 5.41) is 3.27. The molecule has 0 radical (unpaired) electrons. The molecule has 0 aliphatic rings. The second kappa shape index (κ2) is 7.86. The highest BCUT2D eigenvalue weighted by Crippen LogP contribution is 2.24. The summed E-state index contributed by atoms with van der Waals surface area (Å²) in [6, 6.07) is 24.9. The van der Waals surface area contributed by atoms with E-state index in [9.17, 15) is 4.79 Å². The SMILES string of the molecule is C[C@H](Oc1ccc(-c2ccccc2)cc1)C(=O)Nc1ccccc1Cl. The predicted molar refractivity (Wildman–Crippen MR) is 102 cm³/mol. The van der Waals surface area contributed by atoms with Crippen LogP contribution in [0.4, 0.5) is 5.69 Å². The Morgan fingerprint density at radius 1 is 0.880 bits per heavy atom. The molecule has 3 rings (SSSR count). The second-order valence-corrected chi connectivity index (χ2v) is 6.03. The standard InChI is InChI=1S/C21H18ClNO2/c1-15(21(24)23-20-10-6-5-9-19(20)22)25-18-13-11-17(12-14-18)16-7-3-2-4-8-16/h2-15H,1H3,(H,23,24)/t15-/m0/s1. The maximum atomic E-state index is 12.3. The van der Waals surface area contributed by atoms with Gasteiger partial charge >= 0.3 is 0 Å². The van der Waals surface area contributed by atoms with E-state index in [1.165, 1.54) is 0 Å². The van der Waals surface area contributed by atoms with Gasteiger partial charge in [0.05, 0.1) is 10.7 Å². The fourth-order valence-electron chi connectivity index (χ4n) is 2.41. The number of nitrogens with one attached hydrogen (secondary N) is 1. The lowest BCUT2D eigenvalue weighted by Crippen LogP contribution is -2.30. The number of para-hydroxylation sites is 1. The van der Waals surface area contributed by atoms with Gasteiger partial charge in [0.25, 0.3) is 5.91 Å². The summed E-state index contributed by atoms with van der Waals surface area (Å²) >= 11 is 6.05. The Kier molecular flexibility index (Phi) is 5.36. The van der Waals surface area contributed by atoms with E-state index in [1.54, 1.807) is 19.1 Å². The van der Waals surface area contributed by atoms with Crippen molar-refractivity contribution in [1.82, 2.24) is 0 Å². The number of hydrogen-bond donors (Lipinski definition) is 1. The van der Waals surface area contributed by atoms with Crippen LogP contribution in [0.3, 0.4) is 0 Å². The summed E-state index contributed by atoms with van der Waals surface area (Å²) in [4.78, 5) is 12.3. The van der Waals surface area contributed by atoms with Crippen molar-refractivity contribution in [2.45, 2.75) is 13.0 Å². The highest BCUT2D eigenvalue weighted by Gasteiger charge is 2.16. The lowest BCUT2D eigenvalue weighted by Gasteiger charge is -2.15. The van der Waals surface area contributed by atoms with E-state index in [0.29, 0.717) is 16.5 Å². The molecule has 0 aliphatic carbocycles. The minimum absolute atomic E-state index is 0.250. The highest BCUT2D eigenvalue weighted by atomic mass is 35.5. The zero-order valence-corrected chi connectivity index (χ0v) is 14.5. The van der Waals surface area contributed by atoms with Crippen LogP contribution in [0.25, 0.3) is 11.1 Å². The first kappa shape index (κ1) is 17.1. The van der Waals surface area contributed by atoms with Gasteiger partial charge < -0.3 is 10.1 Å². The van der Waals surface area contributed by atoms with Crippen LogP contribution in [0.2, 0.25) is 5.02 Å². The fourth-order valence-corrected chi connectivity index (χ4v) is 2.59. The number of benzene rings is 3. The van der Waals surface area contributed by atoms with E-state index in [2.05, 4.69) is 17.4 Å². The number of amides is 1. The maximum Gasteiger partial charge on any atom is 0.265 e. The molecule has 1 atom stereocenters. The largest absolute Gasteiger partial charge is 0.481 e. The van der Waals surface area contributed by atoms with Crippen LogP contribution < -0.4 is 10.1 Å². The molecule has 25 heavy (non-hydrogen) atoms. The number of carbonyl (C=O) groups is 1. The molecule has 0 unspecified atom stereocenters. The summed E-state index contributed by atoms with van der Waals surface area (Å²) in [6.07, 6.45) is -0.640. The Morgan fingerprint density at radius 3 is 2.16 bits per heavy atom. The van der Waals surface area contributed by atoms with Crippen molar-refractivity contribution in [3.8, 4) is 16.9 Å². The zero-order valence-electron chi connectivity index (χ0n) is 13.8. The lowest BCUT2D eigenvalue weighted by atomic mass is 10.1. The molecule has 1 N–H and O–H groups in total. The van der Waals surface area contributed by atoms with Crippen molar-refractivity contribution in [2.75, 3.05) is 5.32 Å². The number of rotatable bonds is 5. The number of carbonyl (C=O) groups excluding carboxylic acids is 1. The van der Waals surface area contributed by atoms with Crippen LogP contribution in [-0.2, 0) is 4.79 Å². The monoisotopic (exact) mass is 351 g/mol. The molecule has 3 aromatic carbocycles. The average molecular weight is 352 g/mol. The first-order valence-electron chi connectivity index (χ1n) is 8.01. The number of halogens is 1. The van der Waals surface area contributed by atoms with Crippen LogP contribution >= 0.6 is 11.6 Å². The predicted octanol–water partition coefficient (Wildman–Crippen LogP) is 5.41. The third-order valence-electron chi connectivity index (χ3n) is 3.78. The Hall–Kier alpha value is -2.78. The Morgan fingerprint density at radius 2 is 1.48 bits per heavy atom.